The standard InChI is InChI=1S/C37H51FO4/c1-32(2)28-12-15-37(7)30(35(28,5)14-13-29(32)42-22-23-8-10-24(38)11-9-23)27(39)20-25-26-21-34(4,31(40)41)17-16-33(26,3)18-19-36(25,37)6/h8-11,20,26,28-30H,12-19,21-22H2,1-7H3,(H,40,41)/t26-,28-,29-,30+,33+,34-,35-,36+,37+/m0/s1. The maximum absolute atomic E-state index is 14.5. The molecule has 6 rings (SSSR count). The van der Waals surface area contributed by atoms with Crippen molar-refractivity contribution in [3.05, 3.63) is 47.3 Å². The molecule has 5 heteroatoms. The fraction of sp³-hybridized carbons (Fsp3) is 0.730. The Morgan fingerprint density at radius 1 is 0.929 bits per heavy atom. The van der Waals surface area contributed by atoms with Crippen LogP contribution in [0.3, 0.4) is 0 Å². The molecule has 0 amide bonds. The maximum Gasteiger partial charge on any atom is 0.309 e. The number of carbonyl (C=O) groups excluding carboxylic acids is 1. The number of carboxylic acids is 1. The number of benzene rings is 1. The number of halogens is 1. The van der Waals surface area contributed by atoms with E-state index >= 15 is 0 Å². The molecule has 42 heavy (non-hydrogen) atoms. The zero-order valence-corrected chi connectivity index (χ0v) is 26.8. The molecule has 0 unspecified atom stereocenters. The molecule has 4 saturated carbocycles. The summed E-state index contributed by atoms with van der Waals surface area (Å²) in [6.45, 7) is 16.7. The Balaban J connectivity index is 1.32. The third-order valence-electron chi connectivity index (χ3n) is 14.4. The highest BCUT2D eigenvalue weighted by Gasteiger charge is 2.70. The highest BCUT2D eigenvalue weighted by atomic mass is 19.1. The fourth-order valence-electron chi connectivity index (χ4n) is 11.4. The second-order valence-electron chi connectivity index (χ2n) is 16.8. The van der Waals surface area contributed by atoms with Gasteiger partial charge in [0.2, 0.25) is 0 Å². The number of rotatable bonds is 4. The molecule has 1 aromatic carbocycles. The topological polar surface area (TPSA) is 63.6 Å². The zero-order chi connectivity index (χ0) is 30.5. The molecule has 0 aromatic heterocycles. The van der Waals surface area contributed by atoms with Crippen molar-refractivity contribution in [3.8, 4) is 0 Å². The van der Waals surface area contributed by atoms with Gasteiger partial charge in [-0.25, -0.2) is 4.39 Å². The van der Waals surface area contributed by atoms with E-state index in [0.29, 0.717) is 25.4 Å². The van der Waals surface area contributed by atoms with Gasteiger partial charge in [-0.15, -0.1) is 0 Å². The van der Waals surface area contributed by atoms with Crippen LogP contribution in [0.4, 0.5) is 4.39 Å². The summed E-state index contributed by atoms with van der Waals surface area (Å²) < 4.78 is 20.0. The fourth-order valence-corrected chi connectivity index (χ4v) is 11.4. The molecule has 4 nitrogen and oxygen atoms in total. The summed E-state index contributed by atoms with van der Waals surface area (Å²) >= 11 is 0. The van der Waals surface area contributed by atoms with Crippen LogP contribution in [0.15, 0.2) is 35.9 Å². The van der Waals surface area contributed by atoms with Gasteiger partial charge in [0, 0.05) is 5.92 Å². The van der Waals surface area contributed by atoms with E-state index in [1.807, 2.05) is 13.0 Å². The summed E-state index contributed by atoms with van der Waals surface area (Å²) in [7, 11) is 0. The van der Waals surface area contributed by atoms with Gasteiger partial charge in [-0.2, -0.15) is 0 Å². The number of ether oxygens (including phenoxy) is 1. The van der Waals surface area contributed by atoms with E-state index in [9.17, 15) is 19.1 Å². The summed E-state index contributed by atoms with van der Waals surface area (Å²) in [4.78, 5) is 26.9. The Morgan fingerprint density at radius 3 is 2.26 bits per heavy atom. The third kappa shape index (κ3) is 4.07. The lowest BCUT2D eigenvalue weighted by molar-refractivity contribution is -0.211. The minimum atomic E-state index is -0.732. The second kappa shape index (κ2) is 9.49. The summed E-state index contributed by atoms with van der Waals surface area (Å²) in [5.41, 5.74) is 1.09. The molecular weight excluding hydrogens is 527 g/mol. The summed E-state index contributed by atoms with van der Waals surface area (Å²) in [6, 6.07) is 6.58. The highest BCUT2D eigenvalue weighted by Crippen LogP contribution is 2.75. The molecule has 5 aliphatic carbocycles. The predicted molar refractivity (Wildman–Crippen MR) is 162 cm³/mol. The monoisotopic (exact) mass is 578 g/mol. The van der Waals surface area contributed by atoms with Gasteiger partial charge in [0.1, 0.15) is 5.82 Å². The van der Waals surface area contributed by atoms with Gasteiger partial charge >= 0.3 is 5.97 Å². The highest BCUT2D eigenvalue weighted by molar-refractivity contribution is 5.95. The first-order valence-corrected chi connectivity index (χ1v) is 16.4. The smallest absolute Gasteiger partial charge is 0.309 e. The maximum atomic E-state index is 14.5. The van der Waals surface area contributed by atoms with E-state index in [-0.39, 0.29) is 56.6 Å². The normalized spacial score (nSPS) is 46.0. The van der Waals surface area contributed by atoms with Gasteiger partial charge in [0.05, 0.1) is 18.1 Å². The van der Waals surface area contributed by atoms with Crippen LogP contribution in [0, 0.1) is 56.1 Å². The quantitative estimate of drug-likeness (QED) is 0.388. The van der Waals surface area contributed by atoms with Crippen LogP contribution in [0.1, 0.15) is 112 Å². The molecule has 0 saturated heterocycles. The lowest BCUT2D eigenvalue weighted by Gasteiger charge is -2.70. The van der Waals surface area contributed by atoms with Crippen LogP contribution in [-0.2, 0) is 20.9 Å². The van der Waals surface area contributed by atoms with Crippen molar-refractivity contribution in [2.24, 2.45) is 50.2 Å². The Hall–Kier alpha value is -2.01. The molecule has 0 radical (unpaired) electrons. The van der Waals surface area contributed by atoms with Gasteiger partial charge < -0.3 is 9.84 Å². The average molecular weight is 579 g/mol. The van der Waals surface area contributed by atoms with E-state index in [0.717, 1.165) is 50.5 Å². The van der Waals surface area contributed by atoms with Crippen molar-refractivity contribution >= 4 is 11.8 Å². The van der Waals surface area contributed by atoms with Crippen molar-refractivity contribution in [2.45, 2.75) is 119 Å². The molecule has 0 bridgehead atoms. The Bertz CT molecular complexity index is 1320. The first-order chi connectivity index (χ1) is 19.5. The predicted octanol–water partition coefficient (Wildman–Crippen LogP) is 8.78. The van der Waals surface area contributed by atoms with Crippen molar-refractivity contribution in [1.29, 1.82) is 0 Å². The van der Waals surface area contributed by atoms with Crippen LogP contribution in [0.2, 0.25) is 0 Å². The molecule has 1 N–H and O–H groups in total. The number of hydrogen-bond donors (Lipinski definition) is 1. The van der Waals surface area contributed by atoms with Gasteiger partial charge in [0.25, 0.3) is 0 Å². The van der Waals surface area contributed by atoms with E-state index in [1.54, 1.807) is 12.1 Å². The lowest BCUT2D eigenvalue weighted by atomic mass is 9.33. The van der Waals surface area contributed by atoms with Gasteiger partial charge in [0.15, 0.2) is 5.78 Å². The van der Waals surface area contributed by atoms with Crippen LogP contribution in [0.5, 0.6) is 0 Å². The van der Waals surface area contributed by atoms with E-state index in [2.05, 4.69) is 41.5 Å². The summed E-state index contributed by atoms with van der Waals surface area (Å²) in [6.07, 6.45) is 10.5. The minimum Gasteiger partial charge on any atom is -0.481 e. The Kier molecular flexibility index (Phi) is 6.79. The number of aliphatic carboxylic acids is 1. The number of carboxylic acid groups (broad SMARTS) is 1. The van der Waals surface area contributed by atoms with Crippen LogP contribution in [-0.4, -0.2) is 23.0 Å². The number of allylic oxidation sites excluding steroid dienone is 2. The molecule has 9 atom stereocenters. The largest absolute Gasteiger partial charge is 0.481 e. The molecule has 1 aromatic rings. The Labute approximate surface area is 251 Å². The molecule has 0 aliphatic heterocycles. The van der Waals surface area contributed by atoms with Crippen molar-refractivity contribution < 1.29 is 23.8 Å². The van der Waals surface area contributed by atoms with Crippen molar-refractivity contribution in [1.82, 2.24) is 0 Å². The van der Waals surface area contributed by atoms with Gasteiger partial charge in [-0.1, -0.05) is 59.2 Å². The first-order valence-electron chi connectivity index (χ1n) is 16.4. The minimum absolute atomic E-state index is 0.0476. The number of hydrogen-bond acceptors (Lipinski definition) is 3. The van der Waals surface area contributed by atoms with Gasteiger partial charge in [-0.05, 0) is 127 Å². The average Bonchev–Trinajstić information content (AvgIpc) is 2.91. The summed E-state index contributed by atoms with van der Waals surface area (Å²) in [5, 5.41) is 10.2. The first kappa shape index (κ1) is 30.0. The second-order valence-corrected chi connectivity index (χ2v) is 16.8. The Morgan fingerprint density at radius 2 is 1.60 bits per heavy atom. The zero-order valence-electron chi connectivity index (χ0n) is 26.8. The van der Waals surface area contributed by atoms with E-state index < -0.39 is 11.4 Å². The summed E-state index contributed by atoms with van der Waals surface area (Å²) in [5.74, 6) is -0.193. The van der Waals surface area contributed by atoms with Crippen LogP contribution >= 0.6 is 0 Å². The number of fused-ring (bicyclic) bond motifs is 7. The number of ketones is 1. The molecule has 0 spiro atoms. The van der Waals surface area contributed by atoms with Crippen LogP contribution < -0.4 is 0 Å². The van der Waals surface area contributed by atoms with Crippen molar-refractivity contribution in [3.63, 3.8) is 0 Å². The number of carbonyl (C=O) groups is 2. The molecule has 230 valence electrons. The van der Waals surface area contributed by atoms with Gasteiger partial charge in [-0.3, -0.25) is 9.59 Å². The molecule has 4 fully saturated rings. The van der Waals surface area contributed by atoms with E-state index in [1.165, 1.54) is 17.7 Å². The van der Waals surface area contributed by atoms with Crippen LogP contribution in [0.25, 0.3) is 0 Å². The SMILES string of the molecule is CC1(C)[C@@H](OCc2ccc(F)cc2)CC[C@]2(C)[C@H]3C(=O)C=C4[C@@H]5C[C@@](C)(C(=O)O)CC[C@]5(C)CC[C@@]4(C)[C@]3(C)CC[C@@H]12. The van der Waals surface area contributed by atoms with E-state index in [4.69, 9.17) is 4.74 Å². The lowest BCUT2D eigenvalue weighted by Crippen LogP contribution is -2.66. The third-order valence-corrected chi connectivity index (χ3v) is 14.4. The molecule has 5 aliphatic rings. The molecule has 0 heterocycles. The molecular formula is C37H51FO4. The van der Waals surface area contributed by atoms with Crippen molar-refractivity contribution in [2.75, 3.05) is 0 Å².